The molecule has 6 nitrogen and oxygen atoms in total. The number of esters is 2. The van der Waals surface area contributed by atoms with Crippen LogP contribution in [0.5, 0.6) is 0 Å². The number of carbonyl (C=O) groups excluding carboxylic acids is 2. The van der Waals surface area contributed by atoms with Gasteiger partial charge in [0.25, 0.3) is 0 Å². The zero-order valence-corrected chi connectivity index (χ0v) is 13.1. The minimum atomic E-state index is -0.490. The van der Waals surface area contributed by atoms with E-state index in [2.05, 4.69) is 4.90 Å². The topological polar surface area (TPSA) is 81.9 Å². The standard InChI is InChI=1S/C14H20N2O4S/c1-3-19-13(17)9-10(15)11(14(18)20-4-2)21-12(9)16-7-5-6-8-16/h3-8,15H2,1-2H3. The van der Waals surface area contributed by atoms with Crippen LogP contribution in [0.2, 0.25) is 0 Å². The first kappa shape index (κ1) is 15.6. The average molecular weight is 312 g/mol. The second kappa shape index (κ2) is 6.80. The number of hydrogen-bond acceptors (Lipinski definition) is 7. The maximum Gasteiger partial charge on any atom is 0.350 e. The number of carbonyl (C=O) groups is 2. The Morgan fingerprint density at radius 1 is 1.14 bits per heavy atom. The van der Waals surface area contributed by atoms with Crippen LogP contribution in [0.3, 0.4) is 0 Å². The molecule has 2 rings (SSSR count). The van der Waals surface area contributed by atoms with Gasteiger partial charge in [0.05, 0.1) is 18.9 Å². The third-order valence-corrected chi connectivity index (χ3v) is 4.51. The molecule has 1 aliphatic rings. The lowest BCUT2D eigenvalue weighted by molar-refractivity contribution is 0.0527. The average Bonchev–Trinajstić information content (AvgIpc) is 3.06. The molecule has 116 valence electrons. The molecule has 0 saturated carbocycles. The van der Waals surface area contributed by atoms with Crippen LogP contribution in [-0.4, -0.2) is 38.2 Å². The largest absolute Gasteiger partial charge is 0.462 e. The molecule has 2 heterocycles. The Morgan fingerprint density at radius 3 is 2.29 bits per heavy atom. The Morgan fingerprint density at radius 2 is 1.71 bits per heavy atom. The van der Waals surface area contributed by atoms with Crippen molar-refractivity contribution < 1.29 is 19.1 Å². The van der Waals surface area contributed by atoms with Crippen LogP contribution < -0.4 is 10.6 Å². The van der Waals surface area contributed by atoms with Gasteiger partial charge >= 0.3 is 11.9 Å². The molecular weight excluding hydrogens is 292 g/mol. The van der Waals surface area contributed by atoms with E-state index >= 15 is 0 Å². The van der Waals surface area contributed by atoms with E-state index in [-0.39, 0.29) is 23.8 Å². The van der Waals surface area contributed by atoms with Crippen molar-refractivity contribution in [1.82, 2.24) is 0 Å². The van der Waals surface area contributed by atoms with Crippen molar-refractivity contribution in [3.05, 3.63) is 10.4 Å². The van der Waals surface area contributed by atoms with Crippen LogP contribution in [0.4, 0.5) is 10.7 Å². The first-order valence-electron chi connectivity index (χ1n) is 7.11. The van der Waals surface area contributed by atoms with Crippen molar-refractivity contribution >= 4 is 34.0 Å². The fourth-order valence-electron chi connectivity index (χ4n) is 2.32. The van der Waals surface area contributed by atoms with Gasteiger partial charge in [-0.15, -0.1) is 11.3 Å². The van der Waals surface area contributed by atoms with Crippen LogP contribution in [0.25, 0.3) is 0 Å². The Hall–Kier alpha value is -1.76. The number of nitrogens with zero attached hydrogens (tertiary/aromatic N) is 1. The van der Waals surface area contributed by atoms with Gasteiger partial charge in [0.1, 0.15) is 15.4 Å². The van der Waals surface area contributed by atoms with Crippen molar-refractivity contribution in [3.63, 3.8) is 0 Å². The summed E-state index contributed by atoms with van der Waals surface area (Å²) < 4.78 is 10.1. The minimum Gasteiger partial charge on any atom is -0.462 e. The summed E-state index contributed by atoms with van der Waals surface area (Å²) >= 11 is 1.21. The summed E-state index contributed by atoms with van der Waals surface area (Å²) in [4.78, 5) is 26.5. The lowest BCUT2D eigenvalue weighted by atomic mass is 10.2. The lowest BCUT2D eigenvalue weighted by Crippen LogP contribution is -2.20. The van der Waals surface area contributed by atoms with Gasteiger partial charge in [-0.3, -0.25) is 0 Å². The molecular formula is C14H20N2O4S. The second-order valence-corrected chi connectivity index (χ2v) is 5.66. The number of hydrogen-bond donors (Lipinski definition) is 1. The number of thiophene rings is 1. The number of nitrogen functional groups attached to an aromatic ring is 1. The quantitative estimate of drug-likeness (QED) is 0.840. The van der Waals surface area contributed by atoms with E-state index in [4.69, 9.17) is 15.2 Å². The van der Waals surface area contributed by atoms with Crippen molar-refractivity contribution in [2.24, 2.45) is 0 Å². The summed E-state index contributed by atoms with van der Waals surface area (Å²) in [5.41, 5.74) is 6.48. The summed E-state index contributed by atoms with van der Waals surface area (Å²) in [5, 5.41) is 0.714. The van der Waals surface area contributed by atoms with E-state index in [1.165, 1.54) is 11.3 Å². The Bertz CT molecular complexity index is 535. The molecule has 0 atom stereocenters. The van der Waals surface area contributed by atoms with Crippen molar-refractivity contribution in [1.29, 1.82) is 0 Å². The number of anilines is 2. The molecule has 21 heavy (non-hydrogen) atoms. The van der Waals surface area contributed by atoms with Gasteiger partial charge in [0.15, 0.2) is 0 Å². The predicted molar refractivity (Wildman–Crippen MR) is 82.1 cm³/mol. The van der Waals surface area contributed by atoms with Gasteiger partial charge in [-0.05, 0) is 26.7 Å². The van der Waals surface area contributed by atoms with Crippen LogP contribution in [0.1, 0.15) is 46.7 Å². The van der Waals surface area contributed by atoms with E-state index in [9.17, 15) is 9.59 Å². The van der Waals surface area contributed by atoms with Gasteiger partial charge in [0, 0.05) is 13.1 Å². The van der Waals surface area contributed by atoms with E-state index in [0.717, 1.165) is 25.9 Å². The summed E-state index contributed by atoms with van der Waals surface area (Å²) in [7, 11) is 0. The molecule has 2 N–H and O–H groups in total. The van der Waals surface area contributed by atoms with Crippen molar-refractivity contribution in [2.75, 3.05) is 36.9 Å². The molecule has 7 heteroatoms. The molecule has 0 aliphatic carbocycles. The SMILES string of the molecule is CCOC(=O)c1sc(N2CCCC2)c(C(=O)OCC)c1N. The summed E-state index contributed by atoms with van der Waals surface area (Å²) in [6.07, 6.45) is 2.13. The van der Waals surface area contributed by atoms with Crippen LogP contribution in [0, 0.1) is 0 Å². The third kappa shape index (κ3) is 3.12. The monoisotopic (exact) mass is 312 g/mol. The van der Waals surface area contributed by atoms with Crippen LogP contribution in [-0.2, 0) is 9.47 Å². The number of nitrogens with two attached hydrogens (primary N) is 1. The van der Waals surface area contributed by atoms with Gasteiger partial charge in [0.2, 0.25) is 0 Å². The predicted octanol–water partition coefficient (Wildman–Crippen LogP) is 2.28. The highest BCUT2D eigenvalue weighted by Crippen LogP contribution is 2.40. The first-order chi connectivity index (χ1) is 10.1. The highest BCUT2D eigenvalue weighted by molar-refractivity contribution is 7.19. The van der Waals surface area contributed by atoms with E-state index in [1.54, 1.807) is 13.8 Å². The van der Waals surface area contributed by atoms with Gasteiger partial charge in [-0.25, -0.2) is 9.59 Å². The van der Waals surface area contributed by atoms with Crippen molar-refractivity contribution in [2.45, 2.75) is 26.7 Å². The highest BCUT2D eigenvalue weighted by atomic mass is 32.1. The molecule has 1 saturated heterocycles. The van der Waals surface area contributed by atoms with Crippen molar-refractivity contribution in [3.8, 4) is 0 Å². The number of ether oxygens (including phenoxy) is 2. The zero-order valence-electron chi connectivity index (χ0n) is 12.3. The molecule has 0 radical (unpaired) electrons. The summed E-state index contributed by atoms with van der Waals surface area (Å²) in [6.45, 7) is 5.72. The van der Waals surface area contributed by atoms with Crippen LogP contribution >= 0.6 is 11.3 Å². The minimum absolute atomic E-state index is 0.166. The van der Waals surface area contributed by atoms with Gasteiger partial charge < -0.3 is 20.1 Å². The molecule has 0 unspecified atom stereocenters. The normalized spacial score (nSPS) is 14.3. The van der Waals surface area contributed by atoms with Gasteiger partial charge in [-0.1, -0.05) is 0 Å². The summed E-state index contributed by atoms with van der Waals surface area (Å²) in [6, 6.07) is 0. The molecule has 0 bridgehead atoms. The molecule has 0 aromatic carbocycles. The number of rotatable bonds is 5. The summed E-state index contributed by atoms with van der Waals surface area (Å²) in [5.74, 6) is -0.973. The molecule has 1 fully saturated rings. The second-order valence-electron chi connectivity index (χ2n) is 4.66. The maximum absolute atomic E-state index is 12.2. The fourth-order valence-corrected chi connectivity index (χ4v) is 3.48. The molecule has 1 aromatic rings. The van der Waals surface area contributed by atoms with E-state index in [0.29, 0.717) is 10.6 Å². The highest BCUT2D eigenvalue weighted by Gasteiger charge is 2.30. The lowest BCUT2D eigenvalue weighted by Gasteiger charge is -2.16. The molecule has 0 spiro atoms. The molecule has 1 aromatic heterocycles. The van der Waals surface area contributed by atoms with Gasteiger partial charge in [-0.2, -0.15) is 0 Å². The Labute approximate surface area is 127 Å². The fraction of sp³-hybridized carbons (Fsp3) is 0.571. The van der Waals surface area contributed by atoms with E-state index in [1.807, 2.05) is 0 Å². The first-order valence-corrected chi connectivity index (χ1v) is 7.93. The van der Waals surface area contributed by atoms with Crippen LogP contribution in [0.15, 0.2) is 0 Å². The molecule has 0 amide bonds. The maximum atomic E-state index is 12.2. The van der Waals surface area contributed by atoms with E-state index < -0.39 is 11.9 Å². The third-order valence-electron chi connectivity index (χ3n) is 3.26. The Kier molecular flexibility index (Phi) is 5.06. The smallest absolute Gasteiger partial charge is 0.350 e. The molecule has 1 aliphatic heterocycles. The Balaban J connectivity index is 2.43. The zero-order chi connectivity index (χ0) is 15.4.